The summed E-state index contributed by atoms with van der Waals surface area (Å²) in [6.45, 7) is 2.19. The molecule has 0 aromatic heterocycles. The van der Waals surface area contributed by atoms with Crippen molar-refractivity contribution < 1.29 is 4.74 Å². The molecule has 0 radical (unpaired) electrons. The Bertz CT molecular complexity index is 118. The van der Waals surface area contributed by atoms with Gasteiger partial charge in [0.25, 0.3) is 0 Å². The maximum Gasteiger partial charge on any atom is 0.0607 e. The van der Waals surface area contributed by atoms with Gasteiger partial charge in [0.05, 0.1) is 12.2 Å². The lowest BCUT2D eigenvalue weighted by Crippen LogP contribution is -2.26. The first kappa shape index (κ1) is 6.66. The van der Waals surface area contributed by atoms with Gasteiger partial charge >= 0.3 is 0 Å². The van der Waals surface area contributed by atoms with Crippen molar-refractivity contribution in [1.29, 1.82) is 0 Å². The van der Waals surface area contributed by atoms with Gasteiger partial charge in [-0.05, 0) is 38.5 Å². The predicted molar refractivity (Wildman–Crippen MR) is 40.9 cm³/mol. The minimum atomic E-state index is 0.547. The van der Waals surface area contributed by atoms with Gasteiger partial charge < -0.3 is 4.74 Å². The molecule has 10 heavy (non-hydrogen) atoms. The van der Waals surface area contributed by atoms with E-state index >= 15 is 0 Å². The molecule has 1 saturated heterocycles. The number of hydrogen-bond donors (Lipinski definition) is 0. The molecule has 2 rings (SSSR count). The van der Waals surface area contributed by atoms with Crippen LogP contribution in [0, 0.1) is 5.92 Å². The fourth-order valence-corrected chi connectivity index (χ4v) is 1.99. The van der Waals surface area contributed by atoms with Gasteiger partial charge in [-0.1, -0.05) is 6.42 Å². The SMILES string of the molecule is C[C@@H]1CC[C@H](C2CCC2)O1. The van der Waals surface area contributed by atoms with Crippen LogP contribution in [0.2, 0.25) is 0 Å². The summed E-state index contributed by atoms with van der Waals surface area (Å²) in [5.41, 5.74) is 0. The van der Waals surface area contributed by atoms with E-state index in [1.807, 2.05) is 0 Å². The first-order valence-electron chi connectivity index (χ1n) is 4.52. The molecule has 0 amide bonds. The van der Waals surface area contributed by atoms with Crippen LogP contribution < -0.4 is 0 Å². The van der Waals surface area contributed by atoms with Crippen LogP contribution in [0.5, 0.6) is 0 Å². The van der Waals surface area contributed by atoms with Crippen LogP contribution in [0.25, 0.3) is 0 Å². The lowest BCUT2D eigenvalue weighted by atomic mass is 9.80. The van der Waals surface area contributed by atoms with E-state index in [1.165, 1.54) is 32.1 Å². The molecular formula is C9H16O. The Labute approximate surface area is 62.8 Å². The number of hydrogen-bond acceptors (Lipinski definition) is 1. The molecule has 0 unspecified atom stereocenters. The van der Waals surface area contributed by atoms with E-state index in [1.54, 1.807) is 0 Å². The van der Waals surface area contributed by atoms with E-state index in [9.17, 15) is 0 Å². The van der Waals surface area contributed by atoms with E-state index in [0.29, 0.717) is 12.2 Å². The molecule has 2 aliphatic rings. The van der Waals surface area contributed by atoms with Gasteiger partial charge in [-0.25, -0.2) is 0 Å². The second-order valence-electron chi connectivity index (χ2n) is 3.75. The summed E-state index contributed by atoms with van der Waals surface area (Å²) in [6, 6.07) is 0. The molecule has 2 atom stereocenters. The Morgan fingerprint density at radius 1 is 1.10 bits per heavy atom. The predicted octanol–water partition coefficient (Wildman–Crippen LogP) is 2.35. The smallest absolute Gasteiger partial charge is 0.0607 e. The summed E-state index contributed by atoms with van der Waals surface area (Å²) >= 11 is 0. The Balaban J connectivity index is 1.82. The first-order chi connectivity index (χ1) is 4.86. The fraction of sp³-hybridized carbons (Fsp3) is 1.00. The van der Waals surface area contributed by atoms with E-state index in [0.717, 1.165) is 5.92 Å². The molecule has 0 N–H and O–H groups in total. The van der Waals surface area contributed by atoms with Gasteiger partial charge in [0.1, 0.15) is 0 Å². The molecule has 58 valence electrons. The normalized spacial score (nSPS) is 41.7. The van der Waals surface area contributed by atoms with Crippen LogP contribution >= 0.6 is 0 Å². The van der Waals surface area contributed by atoms with Crippen LogP contribution in [-0.4, -0.2) is 12.2 Å². The highest BCUT2D eigenvalue weighted by atomic mass is 16.5. The van der Waals surface area contributed by atoms with E-state index in [2.05, 4.69) is 6.92 Å². The average molecular weight is 140 g/mol. The van der Waals surface area contributed by atoms with E-state index in [-0.39, 0.29) is 0 Å². The first-order valence-corrected chi connectivity index (χ1v) is 4.52. The van der Waals surface area contributed by atoms with Gasteiger partial charge in [0, 0.05) is 0 Å². The van der Waals surface area contributed by atoms with Crippen LogP contribution in [-0.2, 0) is 4.74 Å². The lowest BCUT2D eigenvalue weighted by Gasteiger charge is -2.30. The zero-order valence-corrected chi connectivity index (χ0v) is 6.68. The molecular weight excluding hydrogens is 124 g/mol. The minimum absolute atomic E-state index is 0.547. The third-order valence-electron chi connectivity index (χ3n) is 2.94. The van der Waals surface area contributed by atoms with Crippen molar-refractivity contribution in [3.63, 3.8) is 0 Å². The van der Waals surface area contributed by atoms with Gasteiger partial charge in [0.2, 0.25) is 0 Å². The molecule has 0 spiro atoms. The molecule has 0 aromatic rings. The van der Waals surface area contributed by atoms with E-state index < -0.39 is 0 Å². The third-order valence-corrected chi connectivity index (χ3v) is 2.94. The minimum Gasteiger partial charge on any atom is -0.375 e. The maximum absolute atomic E-state index is 5.77. The Morgan fingerprint density at radius 2 is 1.90 bits per heavy atom. The van der Waals surface area contributed by atoms with Crippen molar-refractivity contribution in [3.8, 4) is 0 Å². The van der Waals surface area contributed by atoms with Crippen molar-refractivity contribution in [3.05, 3.63) is 0 Å². The molecule has 2 fully saturated rings. The fourth-order valence-electron chi connectivity index (χ4n) is 1.99. The third kappa shape index (κ3) is 1.07. The zero-order chi connectivity index (χ0) is 6.97. The molecule has 1 nitrogen and oxygen atoms in total. The largest absolute Gasteiger partial charge is 0.375 e. The van der Waals surface area contributed by atoms with Gasteiger partial charge in [0.15, 0.2) is 0 Å². The highest BCUT2D eigenvalue weighted by Gasteiger charge is 2.32. The van der Waals surface area contributed by atoms with Crippen molar-refractivity contribution >= 4 is 0 Å². The van der Waals surface area contributed by atoms with Crippen molar-refractivity contribution in [2.45, 2.75) is 51.2 Å². The standard InChI is InChI=1S/C9H16O/c1-7-5-6-9(10-7)8-3-2-4-8/h7-9H,2-6H2,1H3/t7-,9-/m1/s1. The summed E-state index contributed by atoms with van der Waals surface area (Å²) in [4.78, 5) is 0. The lowest BCUT2D eigenvalue weighted by molar-refractivity contribution is -0.00478. The monoisotopic (exact) mass is 140 g/mol. The van der Waals surface area contributed by atoms with Crippen LogP contribution in [0.4, 0.5) is 0 Å². The van der Waals surface area contributed by atoms with Crippen molar-refractivity contribution in [1.82, 2.24) is 0 Å². The quantitative estimate of drug-likeness (QED) is 0.543. The number of ether oxygens (including phenoxy) is 1. The highest BCUT2D eigenvalue weighted by Crippen LogP contribution is 2.37. The van der Waals surface area contributed by atoms with Gasteiger partial charge in [-0.2, -0.15) is 0 Å². The van der Waals surface area contributed by atoms with E-state index in [4.69, 9.17) is 4.74 Å². The summed E-state index contributed by atoms with van der Waals surface area (Å²) in [5, 5.41) is 0. The molecule has 1 aliphatic heterocycles. The molecule has 0 aromatic carbocycles. The second kappa shape index (κ2) is 2.54. The Kier molecular flexibility index (Phi) is 1.69. The second-order valence-corrected chi connectivity index (χ2v) is 3.75. The summed E-state index contributed by atoms with van der Waals surface area (Å²) in [6.07, 6.45) is 8.11. The summed E-state index contributed by atoms with van der Waals surface area (Å²) < 4.78 is 5.77. The molecule has 0 bridgehead atoms. The van der Waals surface area contributed by atoms with Crippen molar-refractivity contribution in [2.75, 3.05) is 0 Å². The van der Waals surface area contributed by atoms with Crippen LogP contribution in [0.15, 0.2) is 0 Å². The molecule has 1 saturated carbocycles. The van der Waals surface area contributed by atoms with Crippen LogP contribution in [0.3, 0.4) is 0 Å². The van der Waals surface area contributed by atoms with Crippen LogP contribution in [0.1, 0.15) is 39.0 Å². The Morgan fingerprint density at radius 3 is 2.30 bits per heavy atom. The van der Waals surface area contributed by atoms with Gasteiger partial charge in [-0.15, -0.1) is 0 Å². The summed E-state index contributed by atoms with van der Waals surface area (Å²) in [5.74, 6) is 0.935. The number of rotatable bonds is 1. The van der Waals surface area contributed by atoms with Crippen molar-refractivity contribution in [2.24, 2.45) is 5.92 Å². The topological polar surface area (TPSA) is 9.23 Å². The van der Waals surface area contributed by atoms with Gasteiger partial charge in [-0.3, -0.25) is 0 Å². The highest BCUT2D eigenvalue weighted by molar-refractivity contribution is 4.82. The molecule has 1 heterocycles. The molecule has 1 heteroatoms. The average Bonchev–Trinajstić information content (AvgIpc) is 2.10. The molecule has 1 aliphatic carbocycles. The Hall–Kier alpha value is -0.0400. The zero-order valence-electron chi connectivity index (χ0n) is 6.68. The maximum atomic E-state index is 5.77. The summed E-state index contributed by atoms with van der Waals surface area (Å²) in [7, 11) is 0.